The van der Waals surface area contributed by atoms with Gasteiger partial charge < -0.3 is 14.6 Å². The number of hydrogen-bond donors (Lipinski definition) is 1. The van der Waals surface area contributed by atoms with Gasteiger partial charge in [-0.05, 0) is 32.1 Å². The topological polar surface area (TPSA) is 38.7 Å². The summed E-state index contributed by atoms with van der Waals surface area (Å²) < 4.78 is 11.1. The van der Waals surface area contributed by atoms with E-state index in [9.17, 15) is 0 Å². The lowest BCUT2D eigenvalue weighted by molar-refractivity contribution is -0.204. The number of ether oxygens (including phenoxy) is 2. The van der Waals surface area contributed by atoms with E-state index in [0.717, 1.165) is 32.3 Å². The lowest BCUT2D eigenvalue weighted by Gasteiger charge is -2.26. The average molecular weight is 172 g/mol. The van der Waals surface area contributed by atoms with Crippen molar-refractivity contribution >= 4 is 0 Å². The molecule has 3 heteroatoms. The van der Waals surface area contributed by atoms with Crippen LogP contribution >= 0.6 is 0 Å². The third-order valence-corrected chi connectivity index (χ3v) is 2.62. The van der Waals surface area contributed by atoms with Crippen molar-refractivity contribution in [2.24, 2.45) is 0 Å². The highest BCUT2D eigenvalue weighted by atomic mass is 16.7. The van der Waals surface area contributed by atoms with Crippen LogP contribution in [0, 0.1) is 0 Å². The second kappa shape index (κ2) is 3.32. The van der Waals surface area contributed by atoms with Gasteiger partial charge in [-0.25, -0.2) is 0 Å². The molecule has 0 spiro atoms. The first-order valence-electron chi connectivity index (χ1n) is 4.75. The number of hydrogen-bond acceptors (Lipinski definition) is 3. The molecule has 12 heavy (non-hydrogen) atoms. The van der Waals surface area contributed by atoms with Gasteiger partial charge >= 0.3 is 0 Å². The van der Waals surface area contributed by atoms with E-state index in [1.807, 2.05) is 0 Å². The van der Waals surface area contributed by atoms with Crippen molar-refractivity contribution in [1.82, 2.24) is 0 Å². The van der Waals surface area contributed by atoms with Crippen molar-refractivity contribution in [2.45, 2.75) is 44.0 Å². The van der Waals surface area contributed by atoms with Crippen LogP contribution in [0.15, 0.2) is 0 Å². The Labute approximate surface area is 72.7 Å². The fourth-order valence-electron chi connectivity index (χ4n) is 1.54. The standard InChI is InChI=1S/C9H16O3/c10-7-9(4-5-9)12-8-3-1-2-6-11-8/h8,10H,1-7H2/t8-/m0/s1. The summed E-state index contributed by atoms with van der Waals surface area (Å²) in [5.74, 6) is 0. The van der Waals surface area contributed by atoms with Crippen molar-refractivity contribution < 1.29 is 14.6 Å². The van der Waals surface area contributed by atoms with Crippen molar-refractivity contribution in [3.63, 3.8) is 0 Å². The summed E-state index contributed by atoms with van der Waals surface area (Å²) in [6.07, 6.45) is 5.25. The molecule has 0 unspecified atom stereocenters. The summed E-state index contributed by atoms with van der Waals surface area (Å²) in [5.41, 5.74) is -0.220. The first-order chi connectivity index (χ1) is 5.85. The molecule has 70 valence electrons. The van der Waals surface area contributed by atoms with Crippen LogP contribution in [0.1, 0.15) is 32.1 Å². The van der Waals surface area contributed by atoms with Crippen molar-refractivity contribution in [2.75, 3.05) is 13.2 Å². The highest BCUT2D eigenvalue weighted by Gasteiger charge is 2.45. The van der Waals surface area contributed by atoms with E-state index in [1.54, 1.807) is 0 Å². The minimum absolute atomic E-state index is 0.0478. The second-order valence-electron chi connectivity index (χ2n) is 3.76. The highest BCUT2D eigenvalue weighted by molar-refractivity contribution is 4.95. The summed E-state index contributed by atoms with van der Waals surface area (Å²) in [7, 11) is 0. The quantitative estimate of drug-likeness (QED) is 0.691. The Kier molecular flexibility index (Phi) is 2.35. The zero-order valence-corrected chi connectivity index (χ0v) is 7.29. The molecule has 2 fully saturated rings. The molecule has 0 bridgehead atoms. The van der Waals surface area contributed by atoms with Gasteiger partial charge in [0.1, 0.15) is 0 Å². The average Bonchev–Trinajstić information content (AvgIpc) is 2.88. The molecule has 3 nitrogen and oxygen atoms in total. The van der Waals surface area contributed by atoms with Gasteiger partial charge in [0.25, 0.3) is 0 Å². The molecule has 1 atom stereocenters. The molecule has 0 aromatic heterocycles. The van der Waals surface area contributed by atoms with Crippen molar-refractivity contribution in [1.29, 1.82) is 0 Å². The zero-order chi connectivity index (χ0) is 8.44. The van der Waals surface area contributed by atoms with Gasteiger partial charge in [0, 0.05) is 6.61 Å². The molecule has 1 saturated heterocycles. The van der Waals surface area contributed by atoms with Gasteiger partial charge in [-0.15, -0.1) is 0 Å². The van der Waals surface area contributed by atoms with Crippen LogP contribution < -0.4 is 0 Å². The maximum absolute atomic E-state index is 9.01. The van der Waals surface area contributed by atoms with E-state index in [4.69, 9.17) is 14.6 Å². The molecule has 2 aliphatic rings. The highest BCUT2D eigenvalue weighted by Crippen LogP contribution is 2.41. The summed E-state index contributed by atoms with van der Waals surface area (Å²) in [5, 5.41) is 9.01. The maximum atomic E-state index is 9.01. The molecular weight excluding hydrogens is 156 g/mol. The van der Waals surface area contributed by atoms with Crippen LogP contribution in [0.2, 0.25) is 0 Å². The monoisotopic (exact) mass is 172 g/mol. The predicted molar refractivity (Wildman–Crippen MR) is 43.7 cm³/mol. The van der Waals surface area contributed by atoms with Crippen molar-refractivity contribution in [3.8, 4) is 0 Å². The van der Waals surface area contributed by atoms with E-state index < -0.39 is 0 Å². The minimum atomic E-state index is -0.220. The van der Waals surface area contributed by atoms with E-state index in [1.165, 1.54) is 6.42 Å². The second-order valence-corrected chi connectivity index (χ2v) is 3.76. The van der Waals surface area contributed by atoms with Crippen LogP contribution in [0.4, 0.5) is 0 Å². The summed E-state index contributed by atoms with van der Waals surface area (Å²) in [6, 6.07) is 0. The molecule has 1 heterocycles. The fraction of sp³-hybridized carbons (Fsp3) is 1.00. The molecule has 1 aliphatic heterocycles. The molecule has 1 N–H and O–H groups in total. The minimum Gasteiger partial charge on any atom is -0.393 e. The predicted octanol–water partition coefficient (Wildman–Crippen LogP) is 1.05. The zero-order valence-electron chi connectivity index (χ0n) is 7.29. The molecule has 2 rings (SSSR count). The Morgan fingerprint density at radius 1 is 1.42 bits per heavy atom. The van der Waals surface area contributed by atoms with Gasteiger partial charge in [-0.2, -0.15) is 0 Å². The molecular formula is C9H16O3. The Morgan fingerprint density at radius 3 is 2.75 bits per heavy atom. The maximum Gasteiger partial charge on any atom is 0.158 e. The summed E-state index contributed by atoms with van der Waals surface area (Å²) in [6.45, 7) is 0.957. The Morgan fingerprint density at radius 2 is 2.25 bits per heavy atom. The summed E-state index contributed by atoms with van der Waals surface area (Å²) >= 11 is 0. The first kappa shape index (κ1) is 8.48. The van der Waals surface area contributed by atoms with Gasteiger partial charge in [0.2, 0.25) is 0 Å². The van der Waals surface area contributed by atoms with Crippen LogP contribution in [-0.2, 0) is 9.47 Å². The first-order valence-corrected chi connectivity index (χ1v) is 4.75. The molecule has 0 amide bonds. The van der Waals surface area contributed by atoms with Gasteiger partial charge in [0.05, 0.1) is 12.2 Å². The molecule has 0 aromatic rings. The van der Waals surface area contributed by atoms with Crippen LogP contribution in [0.5, 0.6) is 0 Å². The van der Waals surface area contributed by atoms with E-state index in [-0.39, 0.29) is 18.5 Å². The van der Waals surface area contributed by atoms with E-state index in [2.05, 4.69) is 0 Å². The molecule has 0 aromatic carbocycles. The normalized spacial score (nSPS) is 33.2. The number of aliphatic hydroxyl groups is 1. The third kappa shape index (κ3) is 1.79. The largest absolute Gasteiger partial charge is 0.393 e. The SMILES string of the molecule is OCC1(O[C@H]2CCCCO2)CC1. The lowest BCUT2D eigenvalue weighted by Crippen LogP contribution is -2.31. The summed E-state index contributed by atoms with van der Waals surface area (Å²) in [4.78, 5) is 0. The number of aliphatic hydroxyl groups excluding tert-OH is 1. The fourth-order valence-corrected chi connectivity index (χ4v) is 1.54. The van der Waals surface area contributed by atoms with Crippen molar-refractivity contribution in [3.05, 3.63) is 0 Å². The van der Waals surface area contributed by atoms with E-state index >= 15 is 0 Å². The Bertz CT molecular complexity index is 148. The Balaban J connectivity index is 1.77. The van der Waals surface area contributed by atoms with Gasteiger partial charge in [0.15, 0.2) is 6.29 Å². The smallest absolute Gasteiger partial charge is 0.158 e. The van der Waals surface area contributed by atoms with Gasteiger partial charge in [-0.3, -0.25) is 0 Å². The molecule has 0 radical (unpaired) electrons. The van der Waals surface area contributed by atoms with Gasteiger partial charge in [-0.1, -0.05) is 0 Å². The van der Waals surface area contributed by atoms with Crippen LogP contribution in [0.25, 0.3) is 0 Å². The van der Waals surface area contributed by atoms with Crippen LogP contribution in [-0.4, -0.2) is 30.2 Å². The van der Waals surface area contributed by atoms with E-state index in [0.29, 0.717) is 0 Å². The van der Waals surface area contributed by atoms with Crippen LogP contribution in [0.3, 0.4) is 0 Å². The lowest BCUT2D eigenvalue weighted by atomic mass is 10.2. The third-order valence-electron chi connectivity index (χ3n) is 2.62. The molecule has 1 aliphatic carbocycles. The number of rotatable bonds is 3. The molecule has 1 saturated carbocycles. The Hall–Kier alpha value is -0.120.